The lowest BCUT2D eigenvalue weighted by Gasteiger charge is -2.29. The van der Waals surface area contributed by atoms with Gasteiger partial charge in [-0.3, -0.25) is 9.97 Å². The van der Waals surface area contributed by atoms with Gasteiger partial charge in [-0.15, -0.1) is 0 Å². The highest BCUT2D eigenvalue weighted by Gasteiger charge is 2.23. The highest BCUT2D eigenvalue weighted by atomic mass is 16.6. The Kier molecular flexibility index (Phi) is 6.22. The van der Waals surface area contributed by atoms with E-state index in [1.165, 1.54) is 0 Å². The van der Waals surface area contributed by atoms with E-state index < -0.39 is 0 Å². The van der Waals surface area contributed by atoms with Crippen molar-refractivity contribution in [1.82, 2.24) is 15.3 Å². The van der Waals surface area contributed by atoms with Crippen LogP contribution in [0, 0.1) is 0 Å². The molecule has 3 aromatic rings. The summed E-state index contributed by atoms with van der Waals surface area (Å²) in [6, 6.07) is 10.0. The standard InChI is InChI=1S/C24H27N3O5/c1-28-19-10-20-21(27-12-19)3-2-4-22(20)32-15-18-6-5-16(14-31-18)25-11-17-9-23-24(13-26-17)30-8-7-29-23/h2-4,9-10,12-13,16,18,25H,5-8,11,14-15H2,1H3/t16-,18+/m1/s1. The fourth-order valence-corrected chi connectivity index (χ4v) is 3.96. The Morgan fingerprint density at radius 1 is 1.06 bits per heavy atom. The van der Waals surface area contributed by atoms with Crippen LogP contribution in [0.4, 0.5) is 0 Å². The third kappa shape index (κ3) is 4.71. The molecule has 2 aromatic heterocycles. The summed E-state index contributed by atoms with van der Waals surface area (Å²) < 4.78 is 28.6. The van der Waals surface area contributed by atoms with E-state index in [1.54, 1.807) is 19.5 Å². The summed E-state index contributed by atoms with van der Waals surface area (Å²) in [7, 11) is 1.64. The molecule has 1 N–H and O–H groups in total. The van der Waals surface area contributed by atoms with E-state index in [1.807, 2.05) is 30.3 Å². The van der Waals surface area contributed by atoms with E-state index in [-0.39, 0.29) is 12.1 Å². The number of fused-ring (bicyclic) bond motifs is 2. The second-order valence-electron chi connectivity index (χ2n) is 7.94. The Labute approximate surface area is 186 Å². The van der Waals surface area contributed by atoms with E-state index in [0.29, 0.717) is 44.5 Å². The molecule has 0 radical (unpaired) electrons. The number of hydrogen-bond donors (Lipinski definition) is 1. The highest BCUT2D eigenvalue weighted by molar-refractivity contribution is 5.86. The second-order valence-corrected chi connectivity index (χ2v) is 7.94. The van der Waals surface area contributed by atoms with E-state index in [0.717, 1.165) is 40.9 Å². The number of aromatic nitrogens is 2. The normalized spacial score (nSPS) is 20.2. The van der Waals surface area contributed by atoms with Crippen molar-refractivity contribution in [3.8, 4) is 23.0 Å². The molecule has 32 heavy (non-hydrogen) atoms. The fraction of sp³-hybridized carbons (Fsp3) is 0.417. The molecule has 2 atom stereocenters. The van der Waals surface area contributed by atoms with Crippen molar-refractivity contribution in [1.29, 1.82) is 0 Å². The van der Waals surface area contributed by atoms with Crippen LogP contribution in [0.3, 0.4) is 0 Å². The first-order chi connectivity index (χ1) is 15.8. The zero-order valence-electron chi connectivity index (χ0n) is 18.1. The van der Waals surface area contributed by atoms with Gasteiger partial charge in [-0.25, -0.2) is 0 Å². The molecule has 8 nitrogen and oxygen atoms in total. The van der Waals surface area contributed by atoms with Crippen LogP contribution in [-0.2, 0) is 11.3 Å². The van der Waals surface area contributed by atoms with Gasteiger partial charge in [-0.2, -0.15) is 0 Å². The van der Waals surface area contributed by atoms with Gasteiger partial charge in [0, 0.05) is 24.0 Å². The Bertz CT molecular complexity index is 1070. The monoisotopic (exact) mass is 437 g/mol. The fourth-order valence-electron chi connectivity index (χ4n) is 3.96. The number of nitrogens with zero attached hydrogens (tertiary/aromatic N) is 2. The number of methoxy groups -OCH3 is 1. The van der Waals surface area contributed by atoms with Crippen molar-refractivity contribution in [2.75, 3.05) is 33.5 Å². The minimum atomic E-state index is 0.0642. The summed E-state index contributed by atoms with van der Waals surface area (Å²) in [5.74, 6) is 2.98. The Morgan fingerprint density at radius 2 is 1.97 bits per heavy atom. The maximum Gasteiger partial charge on any atom is 0.179 e. The van der Waals surface area contributed by atoms with Gasteiger partial charge in [0.1, 0.15) is 31.3 Å². The molecule has 0 unspecified atom stereocenters. The average Bonchev–Trinajstić information content (AvgIpc) is 2.86. The molecule has 2 aliphatic rings. The van der Waals surface area contributed by atoms with Gasteiger partial charge in [0.05, 0.1) is 43.4 Å². The number of hydrogen-bond acceptors (Lipinski definition) is 8. The van der Waals surface area contributed by atoms with Crippen molar-refractivity contribution in [3.63, 3.8) is 0 Å². The van der Waals surface area contributed by atoms with E-state index in [4.69, 9.17) is 23.7 Å². The van der Waals surface area contributed by atoms with Gasteiger partial charge in [0.15, 0.2) is 11.5 Å². The summed E-state index contributed by atoms with van der Waals surface area (Å²) in [4.78, 5) is 8.87. The number of rotatable bonds is 7. The molecule has 0 saturated carbocycles. The van der Waals surface area contributed by atoms with Gasteiger partial charge in [-0.05, 0) is 31.0 Å². The predicted octanol–water partition coefficient (Wildman–Crippen LogP) is 3.13. The highest BCUT2D eigenvalue weighted by Crippen LogP contribution is 2.30. The molecule has 0 bridgehead atoms. The van der Waals surface area contributed by atoms with E-state index in [9.17, 15) is 0 Å². The molecule has 2 aliphatic heterocycles. The molecule has 4 heterocycles. The van der Waals surface area contributed by atoms with Crippen LogP contribution in [0.1, 0.15) is 18.5 Å². The van der Waals surface area contributed by atoms with E-state index in [2.05, 4.69) is 15.3 Å². The molecule has 5 rings (SSSR count). The third-order valence-corrected chi connectivity index (χ3v) is 5.75. The zero-order valence-corrected chi connectivity index (χ0v) is 18.1. The van der Waals surface area contributed by atoms with Crippen molar-refractivity contribution >= 4 is 10.9 Å². The Morgan fingerprint density at radius 3 is 2.81 bits per heavy atom. The minimum absolute atomic E-state index is 0.0642. The second kappa shape index (κ2) is 9.58. The van der Waals surface area contributed by atoms with Gasteiger partial charge in [-0.1, -0.05) is 6.07 Å². The number of pyridine rings is 2. The molecular weight excluding hydrogens is 410 g/mol. The summed E-state index contributed by atoms with van der Waals surface area (Å²) in [5.41, 5.74) is 1.81. The first-order valence-electron chi connectivity index (χ1n) is 10.9. The smallest absolute Gasteiger partial charge is 0.179 e. The lowest BCUT2D eigenvalue weighted by Crippen LogP contribution is -2.41. The third-order valence-electron chi connectivity index (χ3n) is 5.75. The lowest BCUT2D eigenvalue weighted by atomic mass is 10.1. The van der Waals surface area contributed by atoms with Crippen LogP contribution >= 0.6 is 0 Å². The van der Waals surface area contributed by atoms with Crippen molar-refractivity contribution < 1.29 is 23.7 Å². The van der Waals surface area contributed by atoms with Gasteiger partial charge >= 0.3 is 0 Å². The van der Waals surface area contributed by atoms with Crippen molar-refractivity contribution in [3.05, 3.63) is 48.4 Å². The Hall–Kier alpha value is -3.10. The summed E-state index contributed by atoms with van der Waals surface area (Å²) in [6.45, 7) is 2.96. The van der Waals surface area contributed by atoms with Gasteiger partial charge in [0.2, 0.25) is 0 Å². The van der Waals surface area contributed by atoms with Crippen molar-refractivity contribution in [2.45, 2.75) is 31.5 Å². The van der Waals surface area contributed by atoms with Crippen LogP contribution in [0.25, 0.3) is 10.9 Å². The van der Waals surface area contributed by atoms with Crippen LogP contribution in [0.5, 0.6) is 23.0 Å². The van der Waals surface area contributed by atoms with Crippen LogP contribution in [0.15, 0.2) is 42.7 Å². The maximum absolute atomic E-state index is 6.10. The average molecular weight is 437 g/mol. The van der Waals surface area contributed by atoms with Crippen LogP contribution in [-0.4, -0.2) is 55.7 Å². The maximum atomic E-state index is 6.10. The first kappa shape index (κ1) is 20.8. The minimum Gasteiger partial charge on any atom is -0.495 e. The number of nitrogens with one attached hydrogen (secondary N) is 1. The number of benzene rings is 1. The topological polar surface area (TPSA) is 84.0 Å². The molecule has 0 aliphatic carbocycles. The van der Waals surface area contributed by atoms with Gasteiger partial charge in [0.25, 0.3) is 0 Å². The summed E-state index contributed by atoms with van der Waals surface area (Å²) in [5, 5.41) is 4.47. The van der Waals surface area contributed by atoms with Crippen LogP contribution in [0.2, 0.25) is 0 Å². The molecule has 168 valence electrons. The molecule has 0 amide bonds. The SMILES string of the molecule is COc1cnc2cccc(OC[C@@H]3CC[C@@H](NCc4cc5c(cn4)OCCO5)CO3)c2c1. The van der Waals surface area contributed by atoms with E-state index >= 15 is 0 Å². The molecular formula is C24H27N3O5. The Balaban J connectivity index is 1.10. The summed E-state index contributed by atoms with van der Waals surface area (Å²) in [6.07, 6.45) is 5.45. The molecule has 1 saturated heterocycles. The quantitative estimate of drug-likeness (QED) is 0.604. The zero-order chi connectivity index (χ0) is 21.8. The molecule has 0 spiro atoms. The first-order valence-corrected chi connectivity index (χ1v) is 10.9. The largest absolute Gasteiger partial charge is 0.495 e. The number of ether oxygens (including phenoxy) is 5. The van der Waals surface area contributed by atoms with Gasteiger partial charge < -0.3 is 29.0 Å². The predicted molar refractivity (Wildman–Crippen MR) is 119 cm³/mol. The molecule has 1 aromatic carbocycles. The summed E-state index contributed by atoms with van der Waals surface area (Å²) >= 11 is 0. The van der Waals surface area contributed by atoms with Crippen LogP contribution < -0.4 is 24.3 Å². The van der Waals surface area contributed by atoms with Crippen molar-refractivity contribution in [2.24, 2.45) is 0 Å². The molecule has 8 heteroatoms. The lowest BCUT2D eigenvalue weighted by molar-refractivity contribution is -0.0262. The molecule has 1 fully saturated rings.